The number of hydrogen-bond donors (Lipinski definition) is 1. The number of benzene rings is 2. The molecule has 0 aromatic heterocycles. The third-order valence-corrected chi connectivity index (χ3v) is 6.92. The average Bonchev–Trinajstić information content (AvgIpc) is 3.02. The van der Waals surface area contributed by atoms with Gasteiger partial charge in [0.1, 0.15) is 0 Å². The number of anilines is 1. The standard InChI is InChI=1S/C25H29N3OS/c1-6-28-21-12-16(2)18(13-20(21)17(3)15-25(28,4)5)14-22-23(29)27-24(30-22)26-19-10-8-7-9-11-19/h7-14,17H,6,15H2,1-5H3,(H,26,27,29)/b22-14-/t17-/m1/s1. The van der Waals surface area contributed by atoms with Crippen LogP contribution in [0.3, 0.4) is 0 Å². The number of aryl methyl sites for hydroxylation is 1. The maximum Gasteiger partial charge on any atom is 0.264 e. The summed E-state index contributed by atoms with van der Waals surface area (Å²) in [7, 11) is 0. The molecule has 1 amide bonds. The summed E-state index contributed by atoms with van der Waals surface area (Å²) in [5.41, 5.74) is 5.98. The van der Waals surface area contributed by atoms with Gasteiger partial charge < -0.3 is 10.2 Å². The number of amides is 1. The molecule has 0 spiro atoms. The molecule has 4 nitrogen and oxygen atoms in total. The van der Waals surface area contributed by atoms with Crippen LogP contribution in [0.5, 0.6) is 0 Å². The molecule has 2 aromatic rings. The largest absolute Gasteiger partial charge is 0.366 e. The van der Waals surface area contributed by atoms with E-state index < -0.39 is 0 Å². The van der Waals surface area contributed by atoms with Crippen LogP contribution in [-0.4, -0.2) is 23.2 Å². The summed E-state index contributed by atoms with van der Waals surface area (Å²) in [5, 5.41) is 3.51. The number of thioether (sulfide) groups is 1. The summed E-state index contributed by atoms with van der Waals surface area (Å²) in [6.07, 6.45) is 3.13. The highest BCUT2D eigenvalue weighted by Gasteiger charge is 2.35. The predicted molar refractivity (Wildman–Crippen MR) is 129 cm³/mol. The van der Waals surface area contributed by atoms with Gasteiger partial charge in [-0.1, -0.05) is 25.1 Å². The van der Waals surface area contributed by atoms with Gasteiger partial charge in [-0.25, -0.2) is 4.99 Å². The average molecular weight is 420 g/mol. The molecule has 1 atom stereocenters. The highest BCUT2D eigenvalue weighted by atomic mass is 32.2. The molecule has 1 fully saturated rings. The van der Waals surface area contributed by atoms with Gasteiger partial charge in [-0.2, -0.15) is 0 Å². The van der Waals surface area contributed by atoms with Crippen LogP contribution in [0.2, 0.25) is 0 Å². The number of fused-ring (bicyclic) bond motifs is 1. The van der Waals surface area contributed by atoms with Crippen LogP contribution in [0.4, 0.5) is 11.4 Å². The van der Waals surface area contributed by atoms with Gasteiger partial charge in [0, 0.05) is 17.8 Å². The zero-order chi connectivity index (χ0) is 21.5. The fourth-order valence-electron chi connectivity index (χ4n) is 4.65. The number of hydrogen-bond acceptors (Lipinski definition) is 4. The van der Waals surface area contributed by atoms with E-state index in [-0.39, 0.29) is 11.4 Å². The second kappa shape index (κ2) is 7.95. The summed E-state index contributed by atoms with van der Waals surface area (Å²) >= 11 is 1.40. The number of amidine groups is 1. The van der Waals surface area contributed by atoms with Crippen molar-refractivity contribution in [3.05, 3.63) is 64.1 Å². The van der Waals surface area contributed by atoms with Crippen molar-refractivity contribution >= 4 is 40.3 Å². The Hall–Kier alpha value is -2.53. The quantitative estimate of drug-likeness (QED) is 0.621. The smallest absolute Gasteiger partial charge is 0.264 e. The first kappa shape index (κ1) is 20.7. The van der Waals surface area contributed by atoms with E-state index >= 15 is 0 Å². The van der Waals surface area contributed by atoms with E-state index in [2.05, 4.69) is 62.0 Å². The van der Waals surface area contributed by atoms with Gasteiger partial charge in [-0.15, -0.1) is 0 Å². The van der Waals surface area contributed by atoms with E-state index in [9.17, 15) is 4.79 Å². The Balaban J connectivity index is 1.67. The minimum atomic E-state index is -0.0869. The molecule has 0 aliphatic carbocycles. The number of nitrogens with zero attached hydrogens (tertiary/aromatic N) is 2. The molecule has 2 aliphatic rings. The van der Waals surface area contributed by atoms with Gasteiger partial charge in [0.25, 0.3) is 5.91 Å². The number of rotatable bonds is 3. The number of carbonyl (C=O) groups excluding carboxylic acids is 1. The Morgan fingerprint density at radius 1 is 1.27 bits per heavy atom. The maximum atomic E-state index is 12.5. The normalized spacial score (nSPS) is 23.0. The molecule has 5 heteroatoms. The molecule has 0 saturated carbocycles. The maximum absolute atomic E-state index is 12.5. The first-order chi connectivity index (χ1) is 14.3. The lowest BCUT2D eigenvalue weighted by atomic mass is 9.79. The van der Waals surface area contributed by atoms with Crippen LogP contribution >= 0.6 is 11.8 Å². The van der Waals surface area contributed by atoms with Crippen LogP contribution in [0.15, 0.2) is 52.4 Å². The van der Waals surface area contributed by atoms with Crippen molar-refractivity contribution in [1.82, 2.24) is 5.32 Å². The highest BCUT2D eigenvalue weighted by Crippen LogP contribution is 2.44. The van der Waals surface area contributed by atoms with E-state index in [1.54, 1.807) is 0 Å². The molecule has 2 heterocycles. The van der Waals surface area contributed by atoms with Gasteiger partial charge in [-0.3, -0.25) is 4.79 Å². The van der Waals surface area contributed by atoms with Crippen molar-refractivity contribution in [2.24, 2.45) is 4.99 Å². The van der Waals surface area contributed by atoms with Gasteiger partial charge in [0.2, 0.25) is 0 Å². The van der Waals surface area contributed by atoms with E-state index in [0.29, 0.717) is 16.0 Å². The molecule has 156 valence electrons. The summed E-state index contributed by atoms with van der Waals surface area (Å²) in [4.78, 5) is 20.3. The predicted octanol–water partition coefficient (Wildman–Crippen LogP) is 6.00. The van der Waals surface area contributed by atoms with Gasteiger partial charge in [-0.05, 0) is 98.8 Å². The highest BCUT2D eigenvalue weighted by molar-refractivity contribution is 8.18. The number of aliphatic imine (C=N–C) groups is 1. The third-order valence-electron chi connectivity index (χ3n) is 6.01. The Kier molecular flexibility index (Phi) is 5.49. The minimum absolute atomic E-state index is 0.0869. The lowest BCUT2D eigenvalue weighted by molar-refractivity contribution is -0.115. The molecule has 30 heavy (non-hydrogen) atoms. The first-order valence-corrected chi connectivity index (χ1v) is 11.4. The van der Waals surface area contributed by atoms with Crippen LogP contribution in [-0.2, 0) is 4.79 Å². The first-order valence-electron chi connectivity index (χ1n) is 10.6. The molecule has 0 bridgehead atoms. The number of para-hydroxylation sites is 1. The number of carbonyl (C=O) groups is 1. The molecule has 4 rings (SSSR count). The van der Waals surface area contributed by atoms with Crippen molar-refractivity contribution in [2.45, 2.75) is 52.5 Å². The van der Waals surface area contributed by atoms with E-state index in [4.69, 9.17) is 0 Å². The van der Waals surface area contributed by atoms with Crippen LogP contribution < -0.4 is 10.2 Å². The Morgan fingerprint density at radius 2 is 2.00 bits per heavy atom. The summed E-state index contributed by atoms with van der Waals surface area (Å²) in [5.74, 6) is 0.395. The van der Waals surface area contributed by atoms with Crippen molar-refractivity contribution in [2.75, 3.05) is 11.4 Å². The van der Waals surface area contributed by atoms with Crippen molar-refractivity contribution < 1.29 is 4.79 Å². The third kappa shape index (κ3) is 3.91. The zero-order valence-electron chi connectivity index (χ0n) is 18.3. The van der Waals surface area contributed by atoms with Crippen molar-refractivity contribution in [1.29, 1.82) is 0 Å². The number of nitrogens with one attached hydrogen (secondary N) is 1. The Morgan fingerprint density at radius 3 is 2.70 bits per heavy atom. The van der Waals surface area contributed by atoms with Gasteiger partial charge >= 0.3 is 0 Å². The molecule has 1 N–H and O–H groups in total. The van der Waals surface area contributed by atoms with Crippen molar-refractivity contribution in [3.63, 3.8) is 0 Å². The lowest BCUT2D eigenvalue weighted by Crippen LogP contribution is -2.48. The molecule has 2 aromatic carbocycles. The Labute approximate surface area is 183 Å². The van der Waals surface area contributed by atoms with Crippen LogP contribution in [0.1, 0.15) is 56.7 Å². The molecule has 0 radical (unpaired) electrons. The molecule has 2 aliphatic heterocycles. The van der Waals surface area contributed by atoms with Gasteiger partial charge in [0.15, 0.2) is 5.17 Å². The van der Waals surface area contributed by atoms with Crippen molar-refractivity contribution in [3.8, 4) is 0 Å². The SMILES string of the molecule is CCN1c2cc(C)c(/C=C3\SC(=Nc4ccccc4)NC3=O)cc2[C@H](C)CC1(C)C. The monoisotopic (exact) mass is 419 g/mol. The lowest BCUT2D eigenvalue weighted by Gasteiger charge is -2.47. The van der Waals surface area contributed by atoms with E-state index in [1.807, 2.05) is 36.4 Å². The molecular formula is C25H29N3OS. The molecule has 1 saturated heterocycles. The molecular weight excluding hydrogens is 390 g/mol. The fourth-order valence-corrected chi connectivity index (χ4v) is 5.48. The summed E-state index contributed by atoms with van der Waals surface area (Å²) in [6.45, 7) is 12.3. The van der Waals surface area contributed by atoms with Crippen LogP contribution in [0, 0.1) is 6.92 Å². The molecule has 0 unspecified atom stereocenters. The van der Waals surface area contributed by atoms with E-state index in [0.717, 1.165) is 24.2 Å². The Bertz CT molecular complexity index is 1040. The summed E-state index contributed by atoms with van der Waals surface area (Å²) in [6, 6.07) is 14.3. The van der Waals surface area contributed by atoms with E-state index in [1.165, 1.54) is 28.6 Å². The second-order valence-electron chi connectivity index (χ2n) is 8.75. The second-order valence-corrected chi connectivity index (χ2v) is 9.78. The fraction of sp³-hybridized carbons (Fsp3) is 0.360. The van der Waals surface area contributed by atoms with Crippen LogP contribution in [0.25, 0.3) is 6.08 Å². The summed E-state index contributed by atoms with van der Waals surface area (Å²) < 4.78 is 0. The van der Waals surface area contributed by atoms with Gasteiger partial charge in [0.05, 0.1) is 10.6 Å². The zero-order valence-corrected chi connectivity index (χ0v) is 19.1. The minimum Gasteiger partial charge on any atom is -0.366 e. The topological polar surface area (TPSA) is 44.7 Å².